The molecule has 4 aliphatic carbocycles. The van der Waals surface area contributed by atoms with Crippen LogP contribution in [0.3, 0.4) is 0 Å². The van der Waals surface area contributed by atoms with Gasteiger partial charge in [0.1, 0.15) is 11.6 Å². The maximum Gasteiger partial charge on any atom is 0.238 e. The van der Waals surface area contributed by atoms with Gasteiger partial charge in [0.25, 0.3) is 0 Å². The molecule has 1 saturated heterocycles. The van der Waals surface area contributed by atoms with Gasteiger partial charge in [0.05, 0.1) is 29.8 Å². The predicted octanol–water partition coefficient (Wildman–Crippen LogP) is -0.323. The molecule has 1 aromatic rings. The van der Waals surface area contributed by atoms with Crippen LogP contribution in [0.5, 0.6) is 5.75 Å². The van der Waals surface area contributed by atoms with Crippen molar-refractivity contribution in [2.24, 2.45) is 41.2 Å². The molecule has 0 spiro atoms. The first-order chi connectivity index (χ1) is 20.2. The predicted molar refractivity (Wildman–Crippen MR) is 147 cm³/mol. The molecule has 1 aromatic carbocycles. The summed E-state index contributed by atoms with van der Waals surface area (Å²) in [6, 6.07) is -0.305. The number of nitrogens with one attached hydrogen (secondary N) is 1. The summed E-state index contributed by atoms with van der Waals surface area (Å²) in [5.74, 6) is -12.7. The van der Waals surface area contributed by atoms with E-state index in [1.165, 1.54) is 25.4 Å². The summed E-state index contributed by atoms with van der Waals surface area (Å²) in [7, 11) is 2.97. The summed E-state index contributed by atoms with van der Waals surface area (Å²) in [6.45, 7) is 1.60. The van der Waals surface area contributed by atoms with Gasteiger partial charge in [0.2, 0.25) is 11.8 Å². The molecule has 0 bridgehead atoms. The molecular weight excluding hydrogens is 563 g/mol. The number of benzene rings is 1. The molecule has 13 heteroatoms. The number of primary amides is 1. The zero-order valence-electron chi connectivity index (χ0n) is 24.0. The van der Waals surface area contributed by atoms with Crippen molar-refractivity contribution in [1.82, 2.24) is 9.80 Å². The van der Waals surface area contributed by atoms with E-state index in [0.29, 0.717) is 11.8 Å². The maximum absolute atomic E-state index is 15.5. The van der Waals surface area contributed by atoms with E-state index in [2.05, 4.69) is 5.32 Å². The molecule has 5 aliphatic rings. The van der Waals surface area contributed by atoms with E-state index in [1.807, 2.05) is 4.90 Å². The van der Waals surface area contributed by atoms with E-state index in [1.54, 1.807) is 0 Å². The van der Waals surface area contributed by atoms with Crippen molar-refractivity contribution in [3.8, 4) is 5.75 Å². The molecular formula is C30H35FN4O8. The third kappa shape index (κ3) is 4.34. The summed E-state index contributed by atoms with van der Waals surface area (Å²) in [5.41, 5.74) is 1.47. The van der Waals surface area contributed by atoms with Crippen molar-refractivity contribution < 1.29 is 43.4 Å². The Bertz CT molecular complexity index is 1470. The quantitative estimate of drug-likeness (QED) is 0.258. The number of nitrogens with two attached hydrogens (primary N) is 1. The Labute approximate surface area is 246 Å². The number of phenols is 1. The second-order valence-electron chi connectivity index (χ2n) is 13.1. The van der Waals surface area contributed by atoms with E-state index in [-0.39, 0.29) is 30.6 Å². The van der Waals surface area contributed by atoms with Gasteiger partial charge < -0.3 is 21.3 Å². The number of fused-ring (bicyclic) bond motifs is 4. The fraction of sp³-hybridized carbons (Fsp3) is 0.600. The second-order valence-corrected chi connectivity index (χ2v) is 13.1. The van der Waals surface area contributed by atoms with Crippen LogP contribution in [0.1, 0.15) is 41.6 Å². The van der Waals surface area contributed by atoms with Crippen LogP contribution < -0.4 is 11.1 Å². The van der Waals surface area contributed by atoms with E-state index in [0.717, 1.165) is 32.0 Å². The second kappa shape index (κ2) is 10.3. The molecule has 3 saturated carbocycles. The van der Waals surface area contributed by atoms with E-state index >= 15 is 4.39 Å². The molecule has 1 aliphatic heterocycles. The number of Topliss-reactive ketones (excluding diaryl/α,β-unsaturated/α-hetero) is 4. The molecule has 0 radical (unpaired) electrons. The average Bonchev–Trinajstić information content (AvgIpc) is 3.50. The van der Waals surface area contributed by atoms with Crippen molar-refractivity contribution >= 4 is 40.6 Å². The number of aliphatic hydroxyl groups is 1. The number of nitrogens with zero attached hydrogens (tertiary/aromatic N) is 2. The molecule has 2 amide bonds. The molecule has 0 aromatic heterocycles. The minimum absolute atomic E-state index is 0.0333. The minimum Gasteiger partial charge on any atom is -0.505 e. The van der Waals surface area contributed by atoms with Crippen LogP contribution in [-0.4, -0.2) is 100 Å². The lowest BCUT2D eigenvalue weighted by Crippen LogP contribution is -2.74. The van der Waals surface area contributed by atoms with Gasteiger partial charge in [-0.25, -0.2) is 4.39 Å². The van der Waals surface area contributed by atoms with Crippen molar-refractivity contribution in [2.75, 3.05) is 39.0 Å². The van der Waals surface area contributed by atoms with Crippen LogP contribution in [0.2, 0.25) is 0 Å². The highest BCUT2D eigenvalue weighted by Gasteiger charge is 2.69. The number of rotatable bonds is 5. The first kappa shape index (κ1) is 29.5. The Kier molecular flexibility index (Phi) is 7.05. The molecule has 4 fully saturated rings. The van der Waals surface area contributed by atoms with Crippen molar-refractivity contribution in [1.29, 1.82) is 0 Å². The van der Waals surface area contributed by atoms with Crippen molar-refractivity contribution in [3.63, 3.8) is 0 Å². The van der Waals surface area contributed by atoms with E-state index < -0.39 is 87.4 Å². The van der Waals surface area contributed by atoms with Crippen LogP contribution in [0.15, 0.2) is 6.07 Å². The van der Waals surface area contributed by atoms with Gasteiger partial charge in [-0.1, -0.05) is 6.42 Å². The van der Waals surface area contributed by atoms with Crippen molar-refractivity contribution in [3.05, 3.63) is 23.0 Å². The Morgan fingerprint density at radius 1 is 1.12 bits per heavy atom. The maximum atomic E-state index is 15.5. The number of hydrogen-bond donors (Lipinski definition) is 4. The number of hydrogen-bond acceptors (Lipinski definition) is 10. The van der Waals surface area contributed by atoms with Gasteiger partial charge in [-0.2, -0.15) is 0 Å². The average molecular weight is 599 g/mol. The largest absolute Gasteiger partial charge is 0.505 e. The zero-order chi connectivity index (χ0) is 31.1. The molecule has 12 nitrogen and oxygen atoms in total. The topological polar surface area (TPSA) is 187 Å². The Morgan fingerprint density at radius 2 is 1.77 bits per heavy atom. The first-order valence-corrected chi connectivity index (χ1v) is 14.7. The zero-order valence-corrected chi connectivity index (χ0v) is 24.0. The van der Waals surface area contributed by atoms with Gasteiger partial charge in [-0.3, -0.25) is 38.6 Å². The molecule has 230 valence electrons. The molecule has 5 N–H and O–H groups in total. The number of anilines is 1. The van der Waals surface area contributed by atoms with Crippen LogP contribution >= 0.6 is 0 Å². The number of amides is 2. The number of ketones is 4. The highest BCUT2D eigenvalue weighted by Crippen LogP contribution is 2.51. The fourth-order valence-corrected chi connectivity index (χ4v) is 8.58. The Hall–Kier alpha value is -3.55. The summed E-state index contributed by atoms with van der Waals surface area (Å²) < 4.78 is 15.5. The van der Waals surface area contributed by atoms with Crippen LogP contribution in [-0.2, 0) is 30.4 Å². The molecule has 43 heavy (non-hydrogen) atoms. The molecule has 1 heterocycles. The number of aromatic hydroxyl groups is 1. The summed E-state index contributed by atoms with van der Waals surface area (Å²) >= 11 is 0. The van der Waals surface area contributed by atoms with Gasteiger partial charge >= 0.3 is 0 Å². The van der Waals surface area contributed by atoms with Gasteiger partial charge in [0.15, 0.2) is 34.7 Å². The summed E-state index contributed by atoms with van der Waals surface area (Å²) in [6.07, 6.45) is 3.05. The van der Waals surface area contributed by atoms with Crippen LogP contribution in [0.25, 0.3) is 0 Å². The number of likely N-dealkylation sites (tertiary alicyclic amines) is 1. The number of phenolic OH excluding ortho intramolecular Hbond substituents is 1. The number of carbonyl (C=O) groups is 6. The number of carbonyl (C=O) groups excluding carboxylic acids is 6. The monoisotopic (exact) mass is 598 g/mol. The van der Waals surface area contributed by atoms with Crippen molar-refractivity contribution in [2.45, 2.75) is 43.7 Å². The molecule has 4 unspecified atom stereocenters. The minimum atomic E-state index is -2.87. The molecule has 8 atom stereocenters. The van der Waals surface area contributed by atoms with Gasteiger partial charge in [0, 0.05) is 30.6 Å². The number of halogens is 1. The molecule has 6 rings (SSSR count). The first-order valence-electron chi connectivity index (χ1n) is 14.7. The lowest BCUT2D eigenvalue weighted by Gasteiger charge is -2.52. The van der Waals surface area contributed by atoms with Gasteiger partial charge in [-0.05, 0) is 57.5 Å². The fourth-order valence-electron chi connectivity index (χ4n) is 8.58. The van der Waals surface area contributed by atoms with Crippen LogP contribution in [0.4, 0.5) is 10.1 Å². The third-order valence-electron chi connectivity index (χ3n) is 10.5. The Balaban J connectivity index is 1.31. The van der Waals surface area contributed by atoms with E-state index in [4.69, 9.17) is 5.73 Å². The number of likely N-dealkylation sites (N-methyl/N-ethyl adjacent to an activating group) is 1. The Morgan fingerprint density at radius 3 is 2.37 bits per heavy atom. The van der Waals surface area contributed by atoms with Gasteiger partial charge in [-0.15, -0.1) is 0 Å². The van der Waals surface area contributed by atoms with E-state index in [9.17, 15) is 39.0 Å². The standard InChI is InChI=1S/C30H35FN4O8/c1-34(2)23-16-7-14-6-15-17(31)8-18(33-19(36)11-35-9-12-4-3-5-13(12)10-35)24(37)21(15)25(38)20(14)27(40)30(16,43)28(41)22(26(23)39)29(32)42/h8,12-14,16,20,22-23,37,43H,3-7,9-11H2,1-2H3,(H2,32,42)(H,33,36)/t12?,13?,14-,16-,20?,22?,23-,30-/m0/s1. The SMILES string of the molecule is CN(C)[C@@H]1C(=O)C(C(N)=O)C(=O)[C@@]2(O)C(=O)C3C(=O)c4c(O)c(NC(=O)CN5CC6CCCC6C5)cc(F)c4C[C@H]3C[C@@H]12. The smallest absolute Gasteiger partial charge is 0.238 e. The lowest BCUT2D eigenvalue weighted by atomic mass is 9.52. The summed E-state index contributed by atoms with van der Waals surface area (Å²) in [4.78, 5) is 82.6. The highest BCUT2D eigenvalue weighted by molar-refractivity contribution is 6.32. The summed E-state index contributed by atoms with van der Waals surface area (Å²) in [5, 5.41) is 25.2. The normalized spacial score (nSPS) is 35.4. The lowest BCUT2D eigenvalue weighted by molar-refractivity contribution is -0.181. The van der Waals surface area contributed by atoms with Crippen LogP contribution in [0, 0.1) is 41.3 Å². The third-order valence-corrected chi connectivity index (χ3v) is 10.5. The highest BCUT2D eigenvalue weighted by atomic mass is 19.1.